The molecule has 1 aliphatic heterocycles. The molecule has 0 atom stereocenters. The number of urea groups is 2. The summed E-state index contributed by atoms with van der Waals surface area (Å²) < 4.78 is 0. The number of pyridine rings is 1. The van der Waals surface area contributed by atoms with Crippen molar-refractivity contribution >= 4 is 23.4 Å². The highest BCUT2D eigenvalue weighted by atomic mass is 16.2. The molecule has 2 N–H and O–H groups in total. The zero-order valence-electron chi connectivity index (χ0n) is 18.1. The van der Waals surface area contributed by atoms with Gasteiger partial charge in [-0.15, -0.1) is 0 Å². The molecule has 0 fully saturated rings. The van der Waals surface area contributed by atoms with Crippen molar-refractivity contribution in [2.75, 3.05) is 51.4 Å². The number of nitrogens with zero attached hydrogens (tertiary/aromatic N) is 4. The van der Waals surface area contributed by atoms with Crippen molar-refractivity contribution in [3.8, 4) is 0 Å². The predicted molar refractivity (Wildman–Crippen MR) is 119 cm³/mol. The Hall–Kier alpha value is -3.13. The van der Waals surface area contributed by atoms with Crippen molar-refractivity contribution in [3.63, 3.8) is 0 Å². The topological polar surface area (TPSA) is 80.8 Å². The Morgan fingerprint density at radius 1 is 1.13 bits per heavy atom. The van der Waals surface area contributed by atoms with Gasteiger partial charge in [0.25, 0.3) is 0 Å². The van der Waals surface area contributed by atoms with E-state index in [2.05, 4.69) is 26.6 Å². The summed E-state index contributed by atoms with van der Waals surface area (Å²) in [5.41, 5.74) is 4.77. The van der Waals surface area contributed by atoms with Crippen molar-refractivity contribution in [1.29, 1.82) is 0 Å². The summed E-state index contributed by atoms with van der Waals surface area (Å²) in [6.07, 6.45) is 2.49. The van der Waals surface area contributed by atoms with Crippen LogP contribution in [-0.4, -0.2) is 72.5 Å². The van der Waals surface area contributed by atoms with E-state index in [0.29, 0.717) is 12.2 Å². The van der Waals surface area contributed by atoms with Gasteiger partial charge in [-0.2, -0.15) is 0 Å². The first kappa shape index (κ1) is 21.6. The maximum Gasteiger partial charge on any atom is 0.323 e. The second-order valence-electron chi connectivity index (χ2n) is 7.84. The molecule has 0 saturated carbocycles. The lowest BCUT2D eigenvalue weighted by Gasteiger charge is -2.32. The minimum atomic E-state index is -0.277. The molecule has 3 rings (SSSR count). The molecule has 1 aromatic heterocycles. The number of likely N-dealkylation sites (N-methyl/N-ethyl adjacent to an activating group) is 1. The van der Waals surface area contributed by atoms with Crippen LogP contribution in [0.25, 0.3) is 0 Å². The first-order chi connectivity index (χ1) is 14.3. The largest absolute Gasteiger partial charge is 0.331 e. The molecule has 2 aromatic rings. The number of carbonyl (C=O) groups excluding carboxylic acids is 2. The van der Waals surface area contributed by atoms with Gasteiger partial charge in [0.2, 0.25) is 0 Å². The molecule has 0 bridgehead atoms. The van der Waals surface area contributed by atoms with Crippen LogP contribution in [0, 0.1) is 6.92 Å². The summed E-state index contributed by atoms with van der Waals surface area (Å²) in [4.78, 5) is 34.3. The van der Waals surface area contributed by atoms with Gasteiger partial charge < -0.3 is 20.4 Å². The van der Waals surface area contributed by atoms with Crippen molar-refractivity contribution in [3.05, 3.63) is 53.3 Å². The molecule has 160 valence electrons. The summed E-state index contributed by atoms with van der Waals surface area (Å²) in [6.45, 7) is 5.09. The fourth-order valence-corrected chi connectivity index (χ4v) is 3.53. The standard InChI is InChI=1S/C22H30N6O2/c1-16-8-9-18(14-23-16)24-21(29)25-20-7-5-6-17-15-28(11-10-19(17)20)13-12-27(4)22(30)26(2)3/h5-9,14H,10-13,15H2,1-4H3,(H2,24,25,29). The number of hydrogen-bond acceptors (Lipinski definition) is 4. The summed E-state index contributed by atoms with van der Waals surface area (Å²) in [7, 11) is 5.34. The number of aryl methyl sites for hydroxylation is 1. The number of fused-ring (bicyclic) bond motifs is 1. The van der Waals surface area contributed by atoms with Crippen LogP contribution in [0.2, 0.25) is 0 Å². The van der Waals surface area contributed by atoms with Gasteiger partial charge in [0.05, 0.1) is 11.9 Å². The lowest BCUT2D eigenvalue weighted by Crippen LogP contribution is -2.42. The molecule has 8 heteroatoms. The second kappa shape index (κ2) is 9.58. The van der Waals surface area contributed by atoms with Crippen molar-refractivity contribution in [1.82, 2.24) is 19.7 Å². The quantitative estimate of drug-likeness (QED) is 0.794. The van der Waals surface area contributed by atoms with E-state index in [1.807, 2.05) is 38.2 Å². The van der Waals surface area contributed by atoms with Gasteiger partial charge in [-0.3, -0.25) is 9.88 Å². The number of benzene rings is 1. The molecular formula is C22H30N6O2. The van der Waals surface area contributed by atoms with Gasteiger partial charge in [-0.05, 0) is 42.7 Å². The second-order valence-corrected chi connectivity index (χ2v) is 7.84. The van der Waals surface area contributed by atoms with Gasteiger partial charge in [-0.1, -0.05) is 12.1 Å². The third kappa shape index (κ3) is 5.48. The minimum absolute atomic E-state index is 0.00804. The highest BCUT2D eigenvalue weighted by Crippen LogP contribution is 2.26. The first-order valence-corrected chi connectivity index (χ1v) is 10.1. The van der Waals surface area contributed by atoms with Crippen molar-refractivity contribution in [2.45, 2.75) is 19.9 Å². The summed E-state index contributed by atoms with van der Waals surface area (Å²) >= 11 is 0. The van der Waals surface area contributed by atoms with Gasteiger partial charge in [-0.25, -0.2) is 9.59 Å². The van der Waals surface area contributed by atoms with Crippen LogP contribution < -0.4 is 10.6 Å². The summed E-state index contributed by atoms with van der Waals surface area (Å²) in [6, 6.07) is 9.42. The van der Waals surface area contributed by atoms with Crippen LogP contribution in [0.3, 0.4) is 0 Å². The molecular weight excluding hydrogens is 380 g/mol. The van der Waals surface area contributed by atoms with Crippen LogP contribution in [0.4, 0.5) is 21.0 Å². The molecule has 0 radical (unpaired) electrons. The molecule has 0 aliphatic carbocycles. The van der Waals surface area contributed by atoms with Crippen LogP contribution >= 0.6 is 0 Å². The summed E-state index contributed by atoms with van der Waals surface area (Å²) in [5.74, 6) is 0. The van der Waals surface area contributed by atoms with E-state index < -0.39 is 0 Å². The SMILES string of the molecule is Cc1ccc(NC(=O)Nc2cccc3c2CCN(CCN(C)C(=O)N(C)C)C3)cn1. The normalized spacial score (nSPS) is 13.3. The Balaban J connectivity index is 1.58. The summed E-state index contributed by atoms with van der Waals surface area (Å²) in [5, 5.41) is 5.79. The predicted octanol–water partition coefficient (Wildman–Crippen LogP) is 3.01. The highest BCUT2D eigenvalue weighted by Gasteiger charge is 2.20. The molecule has 2 heterocycles. The Kier molecular flexibility index (Phi) is 6.89. The number of nitrogens with one attached hydrogen (secondary N) is 2. The lowest BCUT2D eigenvalue weighted by molar-refractivity contribution is 0.168. The molecule has 30 heavy (non-hydrogen) atoms. The van der Waals surface area contributed by atoms with Crippen molar-refractivity contribution in [2.24, 2.45) is 0 Å². The van der Waals surface area contributed by atoms with Crippen LogP contribution in [0.5, 0.6) is 0 Å². The van der Waals surface area contributed by atoms with E-state index in [9.17, 15) is 9.59 Å². The van der Waals surface area contributed by atoms with E-state index in [0.717, 1.165) is 37.4 Å². The van der Waals surface area contributed by atoms with Gasteiger partial charge >= 0.3 is 12.1 Å². The monoisotopic (exact) mass is 410 g/mol. The first-order valence-electron chi connectivity index (χ1n) is 10.1. The average Bonchev–Trinajstić information content (AvgIpc) is 2.73. The van der Waals surface area contributed by atoms with E-state index in [-0.39, 0.29) is 12.1 Å². The maximum absolute atomic E-state index is 12.4. The Bertz CT molecular complexity index is 897. The van der Waals surface area contributed by atoms with Gasteiger partial charge in [0.15, 0.2) is 0 Å². The Labute approximate surface area is 177 Å². The number of amides is 4. The number of aromatic nitrogens is 1. The zero-order valence-corrected chi connectivity index (χ0v) is 18.1. The third-order valence-corrected chi connectivity index (χ3v) is 5.22. The lowest BCUT2D eigenvalue weighted by atomic mass is 9.97. The van der Waals surface area contributed by atoms with Crippen LogP contribution in [0.1, 0.15) is 16.8 Å². The molecule has 0 unspecified atom stereocenters. The number of hydrogen-bond donors (Lipinski definition) is 2. The molecule has 4 amide bonds. The molecule has 1 aliphatic rings. The number of carbonyl (C=O) groups is 2. The Morgan fingerprint density at radius 2 is 1.93 bits per heavy atom. The fraction of sp³-hybridized carbons (Fsp3) is 0.409. The molecule has 0 saturated heterocycles. The van der Waals surface area contributed by atoms with E-state index in [1.54, 1.807) is 30.1 Å². The van der Waals surface area contributed by atoms with Crippen LogP contribution in [-0.2, 0) is 13.0 Å². The third-order valence-electron chi connectivity index (χ3n) is 5.22. The van der Waals surface area contributed by atoms with Crippen molar-refractivity contribution < 1.29 is 9.59 Å². The fourth-order valence-electron chi connectivity index (χ4n) is 3.53. The van der Waals surface area contributed by atoms with Gasteiger partial charge in [0, 0.05) is 58.7 Å². The molecule has 1 aromatic carbocycles. The molecule has 8 nitrogen and oxygen atoms in total. The van der Waals surface area contributed by atoms with E-state index in [4.69, 9.17) is 0 Å². The van der Waals surface area contributed by atoms with Gasteiger partial charge in [0.1, 0.15) is 0 Å². The highest BCUT2D eigenvalue weighted by molar-refractivity contribution is 6.00. The Morgan fingerprint density at radius 3 is 2.63 bits per heavy atom. The number of rotatable bonds is 5. The van der Waals surface area contributed by atoms with Crippen LogP contribution in [0.15, 0.2) is 36.5 Å². The van der Waals surface area contributed by atoms with E-state index >= 15 is 0 Å². The zero-order chi connectivity index (χ0) is 21.7. The number of anilines is 2. The molecule has 0 spiro atoms. The maximum atomic E-state index is 12.4. The minimum Gasteiger partial charge on any atom is -0.331 e. The van der Waals surface area contributed by atoms with E-state index in [1.165, 1.54) is 11.1 Å². The average molecular weight is 411 g/mol. The smallest absolute Gasteiger partial charge is 0.323 e.